The molecule has 0 amide bonds. The molecule has 1 aliphatic rings. The summed E-state index contributed by atoms with van der Waals surface area (Å²) in [5.74, 6) is 0.674. The summed E-state index contributed by atoms with van der Waals surface area (Å²) >= 11 is 0. The van der Waals surface area contributed by atoms with Gasteiger partial charge in [-0.1, -0.05) is 30.3 Å². The number of fused-ring (bicyclic) bond motifs is 1. The van der Waals surface area contributed by atoms with Crippen molar-refractivity contribution >= 4 is 0 Å². The van der Waals surface area contributed by atoms with Crippen molar-refractivity contribution in [2.75, 3.05) is 7.11 Å². The van der Waals surface area contributed by atoms with Crippen LogP contribution in [0.25, 0.3) is 0 Å². The molecule has 1 N–H and O–H groups in total. The highest BCUT2D eigenvalue weighted by Crippen LogP contribution is 2.29. The van der Waals surface area contributed by atoms with Crippen LogP contribution < -0.4 is 10.1 Å². The Kier molecular flexibility index (Phi) is 3.97. The summed E-state index contributed by atoms with van der Waals surface area (Å²) in [6, 6.07) is 15.1. The number of aromatic nitrogens is 1. The Labute approximate surface area is 120 Å². The molecule has 3 rings (SSSR count). The zero-order valence-electron chi connectivity index (χ0n) is 11.8. The maximum Gasteiger partial charge on any atom is 0.213 e. The van der Waals surface area contributed by atoms with Crippen molar-refractivity contribution in [2.24, 2.45) is 0 Å². The first kappa shape index (κ1) is 13.1. The summed E-state index contributed by atoms with van der Waals surface area (Å²) in [7, 11) is 1.65. The molecule has 0 saturated heterocycles. The summed E-state index contributed by atoms with van der Waals surface area (Å²) in [4.78, 5) is 4.45. The highest BCUT2D eigenvalue weighted by atomic mass is 16.5. The number of hydrogen-bond acceptors (Lipinski definition) is 3. The average Bonchev–Trinajstić information content (AvgIpc) is 2.53. The van der Waals surface area contributed by atoms with E-state index in [4.69, 9.17) is 4.74 Å². The molecule has 0 spiro atoms. The number of benzene rings is 1. The van der Waals surface area contributed by atoms with Gasteiger partial charge in [0.1, 0.15) is 0 Å². The van der Waals surface area contributed by atoms with Crippen molar-refractivity contribution in [3.8, 4) is 5.88 Å². The molecule has 0 fully saturated rings. The SMILES string of the molecule is COc1cccc(CNC2CCCc3ccccc32)n1. The maximum atomic E-state index is 5.16. The lowest BCUT2D eigenvalue weighted by Gasteiger charge is -2.26. The third-order valence-electron chi connectivity index (χ3n) is 3.89. The van der Waals surface area contributed by atoms with Crippen molar-refractivity contribution in [1.29, 1.82) is 0 Å². The van der Waals surface area contributed by atoms with Crippen LogP contribution in [-0.4, -0.2) is 12.1 Å². The fourth-order valence-corrected chi connectivity index (χ4v) is 2.86. The minimum atomic E-state index is 0.438. The van der Waals surface area contributed by atoms with Gasteiger partial charge in [0.05, 0.1) is 12.8 Å². The standard InChI is InChI=1S/C17H20N2O/c1-20-17-11-5-8-14(19-17)12-18-16-10-4-7-13-6-2-3-9-15(13)16/h2-3,5-6,8-9,11,16,18H,4,7,10,12H2,1H3. The first-order chi connectivity index (χ1) is 9.86. The van der Waals surface area contributed by atoms with Gasteiger partial charge in [-0.3, -0.25) is 0 Å². The first-order valence-corrected chi connectivity index (χ1v) is 7.18. The van der Waals surface area contributed by atoms with Crippen LogP contribution in [-0.2, 0) is 13.0 Å². The Balaban J connectivity index is 1.70. The van der Waals surface area contributed by atoms with Crippen LogP contribution in [0.5, 0.6) is 5.88 Å². The van der Waals surface area contributed by atoms with E-state index in [-0.39, 0.29) is 0 Å². The predicted octanol–water partition coefficient (Wildman–Crippen LogP) is 3.26. The molecule has 20 heavy (non-hydrogen) atoms. The number of methoxy groups -OCH3 is 1. The number of aryl methyl sites for hydroxylation is 1. The van der Waals surface area contributed by atoms with Gasteiger partial charge in [-0.25, -0.2) is 4.98 Å². The van der Waals surface area contributed by atoms with Crippen molar-refractivity contribution < 1.29 is 4.74 Å². The van der Waals surface area contributed by atoms with E-state index in [2.05, 4.69) is 34.6 Å². The molecule has 1 aromatic carbocycles. The van der Waals surface area contributed by atoms with Crippen molar-refractivity contribution in [3.05, 3.63) is 59.3 Å². The molecular weight excluding hydrogens is 248 g/mol. The Bertz CT molecular complexity index is 583. The molecule has 0 saturated carbocycles. The van der Waals surface area contributed by atoms with Crippen LogP contribution in [0.4, 0.5) is 0 Å². The monoisotopic (exact) mass is 268 g/mol. The molecule has 1 atom stereocenters. The lowest BCUT2D eigenvalue weighted by Crippen LogP contribution is -2.25. The second-order valence-corrected chi connectivity index (χ2v) is 5.20. The average molecular weight is 268 g/mol. The molecule has 2 aromatic rings. The normalized spacial score (nSPS) is 17.6. The molecule has 1 aliphatic carbocycles. The predicted molar refractivity (Wildman–Crippen MR) is 79.7 cm³/mol. The highest BCUT2D eigenvalue weighted by molar-refractivity contribution is 5.32. The van der Waals surface area contributed by atoms with Gasteiger partial charge in [0.25, 0.3) is 0 Å². The van der Waals surface area contributed by atoms with E-state index in [1.54, 1.807) is 7.11 Å². The minimum Gasteiger partial charge on any atom is -0.481 e. The number of hydrogen-bond donors (Lipinski definition) is 1. The van der Waals surface area contributed by atoms with E-state index < -0.39 is 0 Å². The quantitative estimate of drug-likeness (QED) is 0.924. The van der Waals surface area contributed by atoms with Gasteiger partial charge in [-0.2, -0.15) is 0 Å². The summed E-state index contributed by atoms with van der Waals surface area (Å²) in [6.45, 7) is 0.774. The summed E-state index contributed by atoms with van der Waals surface area (Å²) < 4.78 is 5.16. The van der Waals surface area contributed by atoms with E-state index in [9.17, 15) is 0 Å². The van der Waals surface area contributed by atoms with Gasteiger partial charge in [-0.05, 0) is 36.5 Å². The zero-order chi connectivity index (χ0) is 13.8. The molecular formula is C17H20N2O. The summed E-state index contributed by atoms with van der Waals surface area (Å²) in [5.41, 5.74) is 3.95. The van der Waals surface area contributed by atoms with Gasteiger partial charge < -0.3 is 10.1 Å². The maximum absolute atomic E-state index is 5.16. The zero-order valence-corrected chi connectivity index (χ0v) is 11.8. The summed E-state index contributed by atoms with van der Waals surface area (Å²) in [5, 5.41) is 3.63. The topological polar surface area (TPSA) is 34.1 Å². The number of rotatable bonds is 4. The molecule has 1 unspecified atom stereocenters. The van der Waals surface area contributed by atoms with Crippen LogP contribution in [0.15, 0.2) is 42.5 Å². The Morgan fingerprint density at radius 2 is 2.10 bits per heavy atom. The van der Waals surface area contributed by atoms with E-state index in [0.717, 1.165) is 12.2 Å². The van der Waals surface area contributed by atoms with Gasteiger partial charge >= 0.3 is 0 Å². The lowest BCUT2D eigenvalue weighted by molar-refractivity contribution is 0.393. The first-order valence-electron chi connectivity index (χ1n) is 7.18. The van der Waals surface area contributed by atoms with Gasteiger partial charge in [0.15, 0.2) is 0 Å². The number of nitrogens with one attached hydrogen (secondary N) is 1. The third-order valence-corrected chi connectivity index (χ3v) is 3.89. The second kappa shape index (κ2) is 6.06. The number of ether oxygens (including phenoxy) is 1. The third kappa shape index (κ3) is 2.83. The minimum absolute atomic E-state index is 0.438. The molecule has 0 aliphatic heterocycles. The van der Waals surface area contributed by atoms with Gasteiger partial charge in [0, 0.05) is 18.7 Å². The van der Waals surface area contributed by atoms with E-state index in [1.165, 1.54) is 30.4 Å². The Morgan fingerprint density at radius 3 is 3.00 bits per heavy atom. The van der Waals surface area contributed by atoms with E-state index in [1.807, 2.05) is 18.2 Å². The van der Waals surface area contributed by atoms with Crippen LogP contribution in [0.3, 0.4) is 0 Å². The largest absolute Gasteiger partial charge is 0.481 e. The van der Waals surface area contributed by atoms with Gasteiger partial charge in [-0.15, -0.1) is 0 Å². The van der Waals surface area contributed by atoms with E-state index >= 15 is 0 Å². The molecule has 3 nitrogen and oxygen atoms in total. The Hall–Kier alpha value is -1.87. The number of pyridine rings is 1. The second-order valence-electron chi connectivity index (χ2n) is 5.20. The van der Waals surface area contributed by atoms with Crippen LogP contribution in [0.1, 0.15) is 35.7 Å². The van der Waals surface area contributed by atoms with Crippen molar-refractivity contribution in [1.82, 2.24) is 10.3 Å². The van der Waals surface area contributed by atoms with Crippen LogP contribution >= 0.6 is 0 Å². The van der Waals surface area contributed by atoms with Crippen molar-refractivity contribution in [3.63, 3.8) is 0 Å². The van der Waals surface area contributed by atoms with Gasteiger partial charge in [0.2, 0.25) is 5.88 Å². The smallest absolute Gasteiger partial charge is 0.213 e. The number of nitrogens with zero attached hydrogens (tertiary/aromatic N) is 1. The fourth-order valence-electron chi connectivity index (χ4n) is 2.86. The molecule has 1 aromatic heterocycles. The van der Waals surface area contributed by atoms with Crippen LogP contribution in [0.2, 0.25) is 0 Å². The molecule has 0 bridgehead atoms. The highest BCUT2D eigenvalue weighted by Gasteiger charge is 2.19. The van der Waals surface area contributed by atoms with E-state index in [0.29, 0.717) is 11.9 Å². The lowest BCUT2D eigenvalue weighted by atomic mass is 9.88. The molecule has 0 radical (unpaired) electrons. The molecule has 3 heteroatoms. The van der Waals surface area contributed by atoms with Crippen LogP contribution in [0, 0.1) is 0 Å². The summed E-state index contributed by atoms with van der Waals surface area (Å²) in [6.07, 6.45) is 3.65. The molecule has 1 heterocycles. The fraction of sp³-hybridized carbons (Fsp3) is 0.353. The Morgan fingerprint density at radius 1 is 1.20 bits per heavy atom. The molecule has 104 valence electrons. The van der Waals surface area contributed by atoms with Crippen molar-refractivity contribution in [2.45, 2.75) is 31.8 Å².